The van der Waals surface area contributed by atoms with Crippen LogP contribution in [0.15, 0.2) is 22.8 Å². The number of hydrogen-bond acceptors (Lipinski definition) is 3. The summed E-state index contributed by atoms with van der Waals surface area (Å²) in [4.78, 5) is 0. The summed E-state index contributed by atoms with van der Waals surface area (Å²) in [7, 11) is 1.91. The molecule has 5 heteroatoms. The van der Waals surface area contributed by atoms with E-state index in [4.69, 9.17) is 16.0 Å². The molecule has 4 nitrogen and oxygen atoms in total. The Bertz CT molecular complexity index is 476. The average molecular weight is 254 g/mol. The van der Waals surface area contributed by atoms with E-state index in [0.717, 1.165) is 41.7 Å². The number of nitrogens with zero attached hydrogens (tertiary/aromatic N) is 2. The van der Waals surface area contributed by atoms with E-state index in [1.165, 1.54) is 0 Å². The smallest absolute Gasteiger partial charge is 0.105 e. The molecule has 0 saturated carbocycles. The van der Waals surface area contributed by atoms with Crippen molar-refractivity contribution in [3.05, 3.63) is 40.6 Å². The van der Waals surface area contributed by atoms with Crippen LogP contribution in [0.2, 0.25) is 5.02 Å². The van der Waals surface area contributed by atoms with Gasteiger partial charge in [-0.3, -0.25) is 4.68 Å². The summed E-state index contributed by atoms with van der Waals surface area (Å²) >= 11 is 6.15. The van der Waals surface area contributed by atoms with Gasteiger partial charge in [-0.2, -0.15) is 5.10 Å². The molecule has 0 fully saturated rings. The van der Waals surface area contributed by atoms with Crippen LogP contribution in [0.5, 0.6) is 0 Å². The van der Waals surface area contributed by atoms with Gasteiger partial charge >= 0.3 is 0 Å². The predicted octanol–water partition coefficient (Wildman–Crippen LogP) is 2.31. The van der Waals surface area contributed by atoms with Crippen molar-refractivity contribution < 1.29 is 4.42 Å². The fourth-order valence-electron chi connectivity index (χ4n) is 1.75. The highest BCUT2D eigenvalue weighted by Gasteiger charge is 2.09. The zero-order valence-electron chi connectivity index (χ0n) is 10.0. The Morgan fingerprint density at radius 1 is 1.53 bits per heavy atom. The Hall–Kier alpha value is -1.26. The van der Waals surface area contributed by atoms with E-state index < -0.39 is 0 Å². The Labute approximate surface area is 106 Å². The van der Waals surface area contributed by atoms with E-state index >= 15 is 0 Å². The third-order valence-corrected chi connectivity index (χ3v) is 3.17. The molecule has 0 aromatic carbocycles. The minimum Gasteiger partial charge on any atom is -0.469 e. The number of nitrogens with one attached hydrogen (secondary N) is 1. The second-order valence-electron chi connectivity index (χ2n) is 3.98. The number of hydrogen-bond donors (Lipinski definition) is 1. The summed E-state index contributed by atoms with van der Waals surface area (Å²) in [5.74, 6) is 0.991. The van der Waals surface area contributed by atoms with Gasteiger partial charge in [-0.05, 0) is 19.1 Å². The third kappa shape index (κ3) is 2.90. The van der Waals surface area contributed by atoms with E-state index in [1.54, 1.807) is 6.26 Å². The van der Waals surface area contributed by atoms with Gasteiger partial charge in [0.1, 0.15) is 5.76 Å². The maximum Gasteiger partial charge on any atom is 0.105 e. The summed E-state index contributed by atoms with van der Waals surface area (Å²) in [6.07, 6.45) is 2.57. The Morgan fingerprint density at radius 3 is 2.94 bits per heavy atom. The molecule has 2 aromatic rings. The molecule has 0 spiro atoms. The Kier molecular flexibility index (Phi) is 3.86. The first-order valence-electron chi connectivity index (χ1n) is 5.59. The van der Waals surface area contributed by atoms with Crippen LogP contribution in [0.3, 0.4) is 0 Å². The molecule has 2 rings (SSSR count). The third-order valence-electron chi connectivity index (χ3n) is 2.68. The first-order valence-corrected chi connectivity index (χ1v) is 5.97. The lowest BCUT2D eigenvalue weighted by atomic mass is 10.3. The van der Waals surface area contributed by atoms with Crippen molar-refractivity contribution in [3.8, 4) is 0 Å². The van der Waals surface area contributed by atoms with Crippen LogP contribution in [-0.4, -0.2) is 16.3 Å². The average Bonchev–Trinajstić information content (AvgIpc) is 2.87. The van der Waals surface area contributed by atoms with Crippen LogP contribution >= 0.6 is 11.6 Å². The standard InChI is InChI=1S/C12H16ClN3O/c1-9-12(13)11(16(2)15-9)8-14-6-5-10-4-3-7-17-10/h3-4,7,14H,5-6,8H2,1-2H3. The zero-order valence-corrected chi connectivity index (χ0v) is 10.8. The normalized spacial score (nSPS) is 11.0. The fraction of sp³-hybridized carbons (Fsp3) is 0.417. The molecule has 92 valence electrons. The molecular weight excluding hydrogens is 238 g/mol. The van der Waals surface area contributed by atoms with Gasteiger partial charge in [0.2, 0.25) is 0 Å². The lowest BCUT2D eigenvalue weighted by molar-refractivity contribution is 0.496. The SMILES string of the molecule is Cc1nn(C)c(CNCCc2ccco2)c1Cl. The fourth-order valence-corrected chi connectivity index (χ4v) is 1.97. The highest BCUT2D eigenvalue weighted by molar-refractivity contribution is 6.31. The molecule has 17 heavy (non-hydrogen) atoms. The van der Waals surface area contributed by atoms with Crippen molar-refractivity contribution in [2.75, 3.05) is 6.54 Å². The van der Waals surface area contributed by atoms with Gasteiger partial charge < -0.3 is 9.73 Å². The second kappa shape index (κ2) is 5.38. The number of aryl methyl sites for hydroxylation is 2. The molecular formula is C12H16ClN3O. The van der Waals surface area contributed by atoms with E-state index in [1.807, 2.05) is 30.8 Å². The van der Waals surface area contributed by atoms with Gasteiger partial charge in [0, 0.05) is 26.6 Å². The monoisotopic (exact) mass is 253 g/mol. The molecule has 0 radical (unpaired) electrons. The summed E-state index contributed by atoms with van der Waals surface area (Å²) in [5.41, 5.74) is 1.89. The first kappa shape index (κ1) is 12.2. The molecule has 2 heterocycles. The number of aromatic nitrogens is 2. The van der Waals surface area contributed by atoms with Crippen molar-refractivity contribution in [2.24, 2.45) is 7.05 Å². The summed E-state index contributed by atoms with van der Waals surface area (Å²) < 4.78 is 7.07. The van der Waals surface area contributed by atoms with Crippen molar-refractivity contribution in [3.63, 3.8) is 0 Å². The first-order chi connectivity index (χ1) is 8.18. The number of rotatable bonds is 5. The summed E-state index contributed by atoms with van der Waals surface area (Å²) in [5, 5.41) is 8.34. The molecule has 0 aliphatic carbocycles. The minimum absolute atomic E-state index is 0.719. The highest BCUT2D eigenvalue weighted by Crippen LogP contribution is 2.18. The lowest BCUT2D eigenvalue weighted by Crippen LogP contribution is -2.18. The predicted molar refractivity (Wildman–Crippen MR) is 67.1 cm³/mol. The molecule has 0 aliphatic heterocycles. The molecule has 1 N–H and O–H groups in total. The summed E-state index contributed by atoms with van der Waals surface area (Å²) in [6, 6.07) is 3.87. The largest absolute Gasteiger partial charge is 0.469 e. The van der Waals surface area contributed by atoms with E-state index in [2.05, 4.69) is 10.4 Å². The molecule has 2 aromatic heterocycles. The second-order valence-corrected chi connectivity index (χ2v) is 4.35. The van der Waals surface area contributed by atoms with E-state index in [-0.39, 0.29) is 0 Å². The molecule has 0 aliphatic rings. The molecule has 0 saturated heterocycles. The van der Waals surface area contributed by atoms with Gasteiger partial charge in [-0.15, -0.1) is 0 Å². The topological polar surface area (TPSA) is 43.0 Å². The Morgan fingerprint density at radius 2 is 2.35 bits per heavy atom. The number of furan rings is 1. The van der Waals surface area contributed by atoms with Crippen LogP contribution in [0.1, 0.15) is 17.1 Å². The van der Waals surface area contributed by atoms with Crippen LogP contribution in [0, 0.1) is 6.92 Å². The van der Waals surface area contributed by atoms with Crippen molar-refractivity contribution in [2.45, 2.75) is 19.9 Å². The molecule has 0 bridgehead atoms. The molecule has 0 amide bonds. The summed E-state index contributed by atoms with van der Waals surface area (Å²) in [6.45, 7) is 3.49. The van der Waals surface area contributed by atoms with E-state index in [9.17, 15) is 0 Å². The lowest BCUT2D eigenvalue weighted by Gasteiger charge is -2.04. The van der Waals surface area contributed by atoms with Crippen LogP contribution < -0.4 is 5.32 Å². The number of halogens is 1. The minimum atomic E-state index is 0.719. The van der Waals surface area contributed by atoms with Crippen LogP contribution in [0.25, 0.3) is 0 Å². The van der Waals surface area contributed by atoms with Crippen molar-refractivity contribution >= 4 is 11.6 Å². The van der Waals surface area contributed by atoms with Gasteiger partial charge in [0.15, 0.2) is 0 Å². The maximum atomic E-state index is 6.15. The van der Waals surface area contributed by atoms with Gasteiger partial charge in [-0.1, -0.05) is 11.6 Å². The quantitative estimate of drug-likeness (QED) is 0.832. The zero-order chi connectivity index (χ0) is 12.3. The maximum absolute atomic E-state index is 6.15. The van der Waals surface area contributed by atoms with Gasteiger partial charge in [-0.25, -0.2) is 0 Å². The van der Waals surface area contributed by atoms with Crippen molar-refractivity contribution in [1.29, 1.82) is 0 Å². The Balaban J connectivity index is 1.82. The molecule has 0 unspecified atom stereocenters. The van der Waals surface area contributed by atoms with Gasteiger partial charge in [0.05, 0.1) is 22.7 Å². The molecule has 0 atom stereocenters. The van der Waals surface area contributed by atoms with Gasteiger partial charge in [0.25, 0.3) is 0 Å². The highest BCUT2D eigenvalue weighted by atomic mass is 35.5. The van der Waals surface area contributed by atoms with Crippen LogP contribution in [-0.2, 0) is 20.0 Å². The van der Waals surface area contributed by atoms with Crippen LogP contribution in [0.4, 0.5) is 0 Å². The van der Waals surface area contributed by atoms with Crippen molar-refractivity contribution in [1.82, 2.24) is 15.1 Å². The van der Waals surface area contributed by atoms with E-state index in [0.29, 0.717) is 0 Å².